The molecule has 1 saturated heterocycles. The van der Waals surface area contributed by atoms with Crippen LogP contribution in [0.15, 0.2) is 47.2 Å². The molecule has 1 atom stereocenters. The van der Waals surface area contributed by atoms with Gasteiger partial charge in [-0.3, -0.25) is 4.90 Å². The van der Waals surface area contributed by atoms with Crippen molar-refractivity contribution >= 4 is 26.8 Å². The predicted octanol–water partition coefficient (Wildman–Crippen LogP) is 6.81. The lowest BCUT2D eigenvalue weighted by atomic mass is 9.58. The standard InChI is InChI=1S/C29H33BrFN5/c1-18-6-5-9-36(15-18)16-22-11-24-25(30)12-23(26(31)27(24)33-22)20-7-4-8-21(10-20)29(13-19(2)14-29)28-34-32-17-35(28)3/h4,7-8,10-12,17-19,33H,5-6,9,13-16H2,1-3H3/t18-,19?,29?/m0/s1. The zero-order valence-electron chi connectivity index (χ0n) is 21.2. The van der Waals surface area contributed by atoms with Crippen LogP contribution >= 0.6 is 15.9 Å². The number of aromatic amines is 1. The summed E-state index contributed by atoms with van der Waals surface area (Å²) in [7, 11) is 2.00. The highest BCUT2D eigenvalue weighted by Crippen LogP contribution is 2.52. The number of piperidine rings is 1. The van der Waals surface area contributed by atoms with Crippen LogP contribution in [0.3, 0.4) is 0 Å². The minimum absolute atomic E-state index is 0.177. The molecular formula is C29H33BrFN5. The quantitative estimate of drug-likeness (QED) is 0.297. The first kappa shape index (κ1) is 23.9. The van der Waals surface area contributed by atoms with E-state index in [4.69, 9.17) is 0 Å². The van der Waals surface area contributed by atoms with E-state index < -0.39 is 0 Å². The Hall–Kier alpha value is -2.51. The normalized spacial score (nSPS) is 24.8. The predicted molar refractivity (Wildman–Crippen MR) is 145 cm³/mol. The van der Waals surface area contributed by atoms with Crippen molar-refractivity contribution in [2.24, 2.45) is 18.9 Å². The fourth-order valence-electron chi connectivity index (χ4n) is 6.62. The Kier molecular flexibility index (Phi) is 6.03. The minimum Gasteiger partial charge on any atom is -0.355 e. The number of nitrogens with one attached hydrogen (secondary N) is 1. The van der Waals surface area contributed by atoms with Crippen molar-refractivity contribution in [3.8, 4) is 11.1 Å². The molecule has 2 fully saturated rings. The number of rotatable bonds is 5. The van der Waals surface area contributed by atoms with E-state index in [9.17, 15) is 0 Å². The maximum absolute atomic E-state index is 16.0. The number of fused-ring (bicyclic) bond motifs is 1. The van der Waals surface area contributed by atoms with Crippen molar-refractivity contribution in [3.63, 3.8) is 0 Å². The highest BCUT2D eigenvalue weighted by Gasteiger charge is 2.48. The maximum atomic E-state index is 16.0. The van der Waals surface area contributed by atoms with Gasteiger partial charge in [0.2, 0.25) is 0 Å². The van der Waals surface area contributed by atoms with E-state index in [-0.39, 0.29) is 11.2 Å². The Balaban J connectivity index is 1.37. The lowest BCUT2D eigenvalue weighted by molar-refractivity contribution is 0.175. The van der Waals surface area contributed by atoms with Crippen molar-refractivity contribution < 1.29 is 4.39 Å². The molecule has 4 aromatic rings. The second-order valence-electron chi connectivity index (χ2n) is 11.2. The van der Waals surface area contributed by atoms with Crippen molar-refractivity contribution in [2.75, 3.05) is 13.1 Å². The molecule has 3 heterocycles. The van der Waals surface area contributed by atoms with Crippen LogP contribution in [0.2, 0.25) is 0 Å². The van der Waals surface area contributed by atoms with Crippen LogP contribution in [0.5, 0.6) is 0 Å². The third-order valence-corrected chi connectivity index (χ3v) is 8.91. The molecule has 36 heavy (non-hydrogen) atoms. The molecule has 7 heteroatoms. The molecule has 1 aliphatic heterocycles. The molecule has 6 rings (SSSR count). The van der Waals surface area contributed by atoms with Gasteiger partial charge >= 0.3 is 0 Å². The molecule has 0 radical (unpaired) electrons. The zero-order valence-corrected chi connectivity index (χ0v) is 22.8. The first-order chi connectivity index (χ1) is 17.3. The van der Waals surface area contributed by atoms with Crippen LogP contribution < -0.4 is 0 Å². The van der Waals surface area contributed by atoms with E-state index in [0.717, 1.165) is 59.4 Å². The summed E-state index contributed by atoms with van der Waals surface area (Å²) in [5.74, 6) is 2.12. The number of nitrogens with zero attached hydrogens (tertiary/aromatic N) is 4. The molecule has 2 aliphatic rings. The monoisotopic (exact) mass is 549 g/mol. The molecule has 2 aromatic heterocycles. The molecule has 188 valence electrons. The van der Waals surface area contributed by atoms with Gasteiger partial charge in [-0.2, -0.15) is 0 Å². The zero-order chi connectivity index (χ0) is 25.0. The first-order valence-corrected chi connectivity index (χ1v) is 13.8. The SMILES string of the molecule is CC1CC(c2cccc(-c3cc(Br)c4cc(CN5CCC[C@H](C)C5)[nH]c4c3F)c2)(c2nncn2C)C1. The van der Waals surface area contributed by atoms with Crippen LogP contribution in [0.4, 0.5) is 4.39 Å². The Morgan fingerprint density at radius 1 is 1.17 bits per heavy atom. The number of halogens is 2. The van der Waals surface area contributed by atoms with E-state index in [1.807, 2.05) is 29.8 Å². The fourth-order valence-corrected chi connectivity index (χ4v) is 7.16. The Bertz CT molecular complexity index is 1420. The number of likely N-dealkylation sites (tertiary alicyclic amines) is 1. The lowest BCUT2D eigenvalue weighted by Gasteiger charge is -2.46. The number of aryl methyl sites for hydroxylation is 1. The van der Waals surface area contributed by atoms with Gasteiger partial charge in [-0.25, -0.2) is 4.39 Å². The number of aromatic nitrogens is 4. The molecular weight excluding hydrogens is 517 g/mol. The number of hydrogen-bond acceptors (Lipinski definition) is 3. The molecule has 1 N–H and O–H groups in total. The molecule has 0 unspecified atom stereocenters. The third kappa shape index (κ3) is 4.01. The molecule has 0 spiro atoms. The van der Waals surface area contributed by atoms with Crippen LogP contribution in [-0.2, 0) is 19.0 Å². The smallest absolute Gasteiger partial charge is 0.155 e. The highest BCUT2D eigenvalue weighted by atomic mass is 79.9. The fraction of sp³-hybridized carbons (Fsp3) is 0.448. The minimum atomic E-state index is -0.196. The second-order valence-corrected chi connectivity index (χ2v) is 12.1. The molecule has 1 aliphatic carbocycles. The molecule has 1 saturated carbocycles. The summed E-state index contributed by atoms with van der Waals surface area (Å²) in [5, 5.41) is 9.52. The summed E-state index contributed by atoms with van der Waals surface area (Å²) >= 11 is 3.74. The lowest BCUT2D eigenvalue weighted by Crippen LogP contribution is -2.43. The van der Waals surface area contributed by atoms with E-state index in [0.29, 0.717) is 22.9 Å². The Labute approximate surface area is 220 Å². The summed E-state index contributed by atoms with van der Waals surface area (Å²) in [4.78, 5) is 5.88. The average molecular weight is 551 g/mol. The van der Waals surface area contributed by atoms with Gasteiger partial charge in [0, 0.05) is 41.3 Å². The van der Waals surface area contributed by atoms with Gasteiger partial charge in [-0.15, -0.1) is 10.2 Å². The topological polar surface area (TPSA) is 49.7 Å². The van der Waals surface area contributed by atoms with Crippen LogP contribution in [0.25, 0.3) is 22.0 Å². The molecule has 0 bridgehead atoms. The number of hydrogen-bond donors (Lipinski definition) is 1. The van der Waals surface area contributed by atoms with Gasteiger partial charge in [0.05, 0.1) is 10.9 Å². The first-order valence-electron chi connectivity index (χ1n) is 13.0. The van der Waals surface area contributed by atoms with Crippen LogP contribution in [0.1, 0.15) is 56.6 Å². The third-order valence-electron chi connectivity index (χ3n) is 8.25. The summed E-state index contributed by atoms with van der Waals surface area (Å²) in [6, 6.07) is 12.4. The van der Waals surface area contributed by atoms with Crippen molar-refractivity contribution in [2.45, 2.75) is 51.5 Å². The molecule has 5 nitrogen and oxygen atoms in total. The van der Waals surface area contributed by atoms with Gasteiger partial charge in [0.25, 0.3) is 0 Å². The molecule has 2 aromatic carbocycles. The van der Waals surface area contributed by atoms with E-state index in [1.165, 1.54) is 18.4 Å². The van der Waals surface area contributed by atoms with E-state index in [2.05, 4.69) is 68.1 Å². The van der Waals surface area contributed by atoms with Gasteiger partial charge in [0.15, 0.2) is 5.82 Å². The van der Waals surface area contributed by atoms with E-state index >= 15 is 4.39 Å². The summed E-state index contributed by atoms with van der Waals surface area (Å²) in [6.07, 6.45) is 6.33. The maximum Gasteiger partial charge on any atom is 0.155 e. The summed E-state index contributed by atoms with van der Waals surface area (Å²) in [5.41, 5.74) is 4.13. The largest absolute Gasteiger partial charge is 0.355 e. The Morgan fingerprint density at radius 3 is 2.72 bits per heavy atom. The summed E-state index contributed by atoms with van der Waals surface area (Å²) < 4.78 is 19.0. The molecule has 0 amide bonds. The van der Waals surface area contributed by atoms with Crippen molar-refractivity contribution in [1.29, 1.82) is 0 Å². The highest BCUT2D eigenvalue weighted by molar-refractivity contribution is 9.10. The van der Waals surface area contributed by atoms with Crippen LogP contribution in [-0.4, -0.2) is 37.7 Å². The van der Waals surface area contributed by atoms with E-state index in [1.54, 1.807) is 6.33 Å². The Morgan fingerprint density at radius 2 is 2.00 bits per heavy atom. The summed E-state index contributed by atoms with van der Waals surface area (Å²) in [6.45, 7) is 7.62. The van der Waals surface area contributed by atoms with Crippen molar-refractivity contribution in [1.82, 2.24) is 24.6 Å². The van der Waals surface area contributed by atoms with Crippen LogP contribution in [0, 0.1) is 17.7 Å². The second kappa shape index (κ2) is 9.10. The van der Waals surface area contributed by atoms with Gasteiger partial charge < -0.3 is 9.55 Å². The number of benzene rings is 2. The van der Waals surface area contributed by atoms with Crippen molar-refractivity contribution in [3.05, 3.63) is 70.1 Å². The van der Waals surface area contributed by atoms with Gasteiger partial charge in [-0.05, 0) is 67.3 Å². The van der Waals surface area contributed by atoms with Gasteiger partial charge in [-0.1, -0.05) is 54.0 Å². The average Bonchev–Trinajstić information content (AvgIpc) is 3.46. The van der Waals surface area contributed by atoms with Gasteiger partial charge in [0.1, 0.15) is 12.2 Å². The number of H-pyrrole nitrogens is 1.